The zero-order chi connectivity index (χ0) is 18.2. The number of hydrogen-bond donors (Lipinski definition) is 2. The van der Waals surface area contributed by atoms with Gasteiger partial charge in [-0.15, -0.1) is 11.3 Å². The first kappa shape index (κ1) is 18.5. The minimum absolute atomic E-state index is 0.0332. The van der Waals surface area contributed by atoms with E-state index >= 15 is 0 Å². The van der Waals surface area contributed by atoms with Crippen molar-refractivity contribution in [1.82, 2.24) is 9.97 Å². The molecule has 0 spiro atoms. The highest BCUT2D eigenvalue weighted by atomic mass is 32.2. The number of hydrogen-bond acceptors (Lipinski definition) is 5. The maximum absolute atomic E-state index is 12.6. The lowest BCUT2D eigenvalue weighted by atomic mass is 9.72. The van der Waals surface area contributed by atoms with Crippen molar-refractivity contribution < 1.29 is 4.79 Å². The Hall–Kier alpha value is -1.34. The first-order valence-electron chi connectivity index (χ1n) is 8.71. The van der Waals surface area contributed by atoms with Gasteiger partial charge in [-0.3, -0.25) is 9.59 Å². The number of nitrogens with two attached hydrogens (primary N) is 1. The highest BCUT2D eigenvalue weighted by Gasteiger charge is 2.31. The molecule has 5 nitrogen and oxygen atoms in total. The quantitative estimate of drug-likeness (QED) is 0.473. The van der Waals surface area contributed by atoms with Gasteiger partial charge in [-0.1, -0.05) is 32.5 Å². The lowest BCUT2D eigenvalue weighted by molar-refractivity contribution is -0.118. The Bertz CT molecular complexity index is 848. The summed E-state index contributed by atoms with van der Waals surface area (Å²) in [6, 6.07) is 0. The van der Waals surface area contributed by atoms with Crippen LogP contribution in [-0.4, -0.2) is 21.6 Å². The van der Waals surface area contributed by atoms with Gasteiger partial charge in [-0.05, 0) is 42.6 Å². The number of carbonyl (C=O) groups excluding carboxylic acids is 1. The third-order valence-corrected chi connectivity index (χ3v) is 7.04. The Balaban J connectivity index is 1.83. The van der Waals surface area contributed by atoms with Crippen molar-refractivity contribution in [3.63, 3.8) is 0 Å². The number of aromatic nitrogens is 2. The Kier molecular flexibility index (Phi) is 5.25. The van der Waals surface area contributed by atoms with E-state index in [0.717, 1.165) is 29.5 Å². The van der Waals surface area contributed by atoms with Gasteiger partial charge in [-0.25, -0.2) is 4.98 Å². The highest BCUT2D eigenvalue weighted by Crippen LogP contribution is 2.42. The van der Waals surface area contributed by atoms with Crippen LogP contribution < -0.4 is 11.3 Å². The number of nitrogens with one attached hydrogen (secondary N) is 1. The number of thiophene rings is 1. The molecule has 7 heteroatoms. The van der Waals surface area contributed by atoms with Gasteiger partial charge in [0.25, 0.3) is 5.56 Å². The van der Waals surface area contributed by atoms with E-state index in [2.05, 4.69) is 30.7 Å². The highest BCUT2D eigenvalue weighted by molar-refractivity contribution is 7.99. The van der Waals surface area contributed by atoms with Gasteiger partial charge in [-0.2, -0.15) is 0 Å². The molecule has 2 aromatic rings. The number of thioether (sulfide) groups is 1. The number of fused-ring (bicyclic) bond motifs is 3. The maximum atomic E-state index is 12.6. The van der Waals surface area contributed by atoms with Crippen LogP contribution in [0.1, 0.15) is 50.5 Å². The lowest BCUT2D eigenvalue weighted by Crippen LogP contribution is -2.26. The standard InChI is InChI=1S/C18H25N3O2S2/c1-18(2,3)10-6-7-11-12(9-10)25-16-14(11)15(23)20-17(21-16)24-8-4-5-13(19)22/h10H,4-9H2,1-3H3,(H2,19,22)(H,20,21,23). The molecule has 0 radical (unpaired) electrons. The average Bonchev–Trinajstić information content (AvgIpc) is 2.88. The molecule has 0 bridgehead atoms. The van der Waals surface area contributed by atoms with Crippen LogP contribution in [0, 0.1) is 11.3 Å². The normalized spacial score (nSPS) is 17.6. The van der Waals surface area contributed by atoms with Crippen molar-refractivity contribution in [2.75, 3.05) is 5.75 Å². The van der Waals surface area contributed by atoms with Gasteiger partial charge >= 0.3 is 0 Å². The van der Waals surface area contributed by atoms with Crippen LogP contribution in [0.5, 0.6) is 0 Å². The van der Waals surface area contributed by atoms with E-state index in [9.17, 15) is 9.59 Å². The fraction of sp³-hybridized carbons (Fsp3) is 0.611. The van der Waals surface area contributed by atoms with Gasteiger partial charge in [0, 0.05) is 17.1 Å². The SMILES string of the molecule is CC(C)(C)C1CCc2c(sc3nc(SCCCC(N)=O)[nH]c(=O)c23)C1. The van der Waals surface area contributed by atoms with Gasteiger partial charge < -0.3 is 10.7 Å². The zero-order valence-corrected chi connectivity index (χ0v) is 16.6. The van der Waals surface area contributed by atoms with Crippen LogP contribution in [0.2, 0.25) is 0 Å². The van der Waals surface area contributed by atoms with E-state index in [1.807, 2.05) is 0 Å². The van der Waals surface area contributed by atoms with Crippen molar-refractivity contribution in [2.24, 2.45) is 17.1 Å². The number of aromatic amines is 1. The summed E-state index contributed by atoms with van der Waals surface area (Å²) in [5.74, 6) is 1.07. The van der Waals surface area contributed by atoms with E-state index in [0.29, 0.717) is 29.7 Å². The number of rotatable bonds is 5. The summed E-state index contributed by atoms with van der Waals surface area (Å²) in [6.45, 7) is 6.88. The summed E-state index contributed by atoms with van der Waals surface area (Å²) in [4.78, 5) is 33.1. The predicted molar refractivity (Wildman–Crippen MR) is 104 cm³/mol. The first-order chi connectivity index (χ1) is 11.8. The second-order valence-corrected chi connectivity index (χ2v) is 9.95. The third-order valence-electron chi connectivity index (χ3n) is 4.93. The first-order valence-corrected chi connectivity index (χ1v) is 10.5. The third kappa shape index (κ3) is 4.08. The molecular weight excluding hydrogens is 354 g/mol. The van der Waals surface area contributed by atoms with Gasteiger partial charge in [0.05, 0.1) is 5.39 Å². The van der Waals surface area contributed by atoms with Gasteiger partial charge in [0.15, 0.2) is 5.16 Å². The summed E-state index contributed by atoms with van der Waals surface area (Å²) < 4.78 is 0. The molecule has 0 aliphatic heterocycles. The molecule has 0 fully saturated rings. The molecule has 136 valence electrons. The fourth-order valence-corrected chi connectivity index (χ4v) is 5.55. The van der Waals surface area contributed by atoms with Crippen LogP contribution in [0.4, 0.5) is 0 Å². The lowest BCUT2D eigenvalue weighted by Gasteiger charge is -2.33. The second-order valence-electron chi connectivity index (χ2n) is 7.78. The Morgan fingerprint density at radius 2 is 2.20 bits per heavy atom. The fourth-order valence-electron chi connectivity index (χ4n) is 3.39. The molecule has 0 saturated carbocycles. The molecule has 3 rings (SSSR count). The summed E-state index contributed by atoms with van der Waals surface area (Å²) in [7, 11) is 0. The Labute approximate surface area is 155 Å². The number of aryl methyl sites for hydroxylation is 1. The van der Waals surface area contributed by atoms with Crippen molar-refractivity contribution in [3.05, 3.63) is 20.8 Å². The summed E-state index contributed by atoms with van der Waals surface area (Å²) >= 11 is 3.15. The molecule has 25 heavy (non-hydrogen) atoms. The zero-order valence-electron chi connectivity index (χ0n) is 15.0. The number of primary amides is 1. The minimum atomic E-state index is -0.295. The number of carbonyl (C=O) groups is 1. The molecule has 1 atom stereocenters. The molecule has 0 aromatic carbocycles. The molecule has 3 N–H and O–H groups in total. The topological polar surface area (TPSA) is 88.8 Å². The Morgan fingerprint density at radius 1 is 1.44 bits per heavy atom. The molecular formula is C18H25N3O2S2. The van der Waals surface area contributed by atoms with Crippen molar-refractivity contribution in [3.8, 4) is 0 Å². The van der Waals surface area contributed by atoms with Gasteiger partial charge in [0.1, 0.15) is 4.83 Å². The summed E-state index contributed by atoms with van der Waals surface area (Å²) in [6.07, 6.45) is 4.19. The van der Waals surface area contributed by atoms with E-state index in [4.69, 9.17) is 5.73 Å². The molecule has 1 amide bonds. The van der Waals surface area contributed by atoms with E-state index < -0.39 is 0 Å². The molecule has 1 unspecified atom stereocenters. The second kappa shape index (κ2) is 7.11. The van der Waals surface area contributed by atoms with Crippen LogP contribution in [-0.2, 0) is 17.6 Å². The van der Waals surface area contributed by atoms with Crippen LogP contribution in [0.25, 0.3) is 10.2 Å². The van der Waals surface area contributed by atoms with E-state index in [-0.39, 0.29) is 16.9 Å². The van der Waals surface area contributed by atoms with Crippen molar-refractivity contribution in [2.45, 2.75) is 58.0 Å². The number of H-pyrrole nitrogens is 1. The van der Waals surface area contributed by atoms with Crippen molar-refractivity contribution in [1.29, 1.82) is 0 Å². The van der Waals surface area contributed by atoms with Crippen molar-refractivity contribution >= 4 is 39.2 Å². The van der Waals surface area contributed by atoms with Crippen LogP contribution in [0.3, 0.4) is 0 Å². The summed E-state index contributed by atoms with van der Waals surface area (Å²) in [5.41, 5.74) is 6.61. The number of nitrogens with zero attached hydrogens (tertiary/aromatic N) is 1. The maximum Gasteiger partial charge on any atom is 0.260 e. The molecule has 0 saturated heterocycles. The van der Waals surface area contributed by atoms with E-state index in [1.165, 1.54) is 22.2 Å². The smallest absolute Gasteiger partial charge is 0.260 e. The molecule has 2 heterocycles. The molecule has 2 aromatic heterocycles. The minimum Gasteiger partial charge on any atom is -0.370 e. The van der Waals surface area contributed by atoms with Gasteiger partial charge in [0.2, 0.25) is 5.91 Å². The Morgan fingerprint density at radius 3 is 2.88 bits per heavy atom. The number of amides is 1. The van der Waals surface area contributed by atoms with E-state index in [1.54, 1.807) is 11.3 Å². The monoisotopic (exact) mass is 379 g/mol. The average molecular weight is 380 g/mol. The largest absolute Gasteiger partial charge is 0.370 e. The van der Waals surface area contributed by atoms with Crippen LogP contribution in [0.15, 0.2) is 9.95 Å². The molecule has 1 aliphatic carbocycles. The molecule has 1 aliphatic rings. The summed E-state index contributed by atoms with van der Waals surface area (Å²) in [5, 5.41) is 1.42. The predicted octanol–water partition coefficient (Wildman–Crippen LogP) is 3.49. The van der Waals surface area contributed by atoms with Crippen LogP contribution >= 0.6 is 23.1 Å².